The molecule has 0 radical (unpaired) electrons. The Labute approximate surface area is 319 Å². The summed E-state index contributed by atoms with van der Waals surface area (Å²) >= 11 is 0. The molecule has 2 heterocycles. The van der Waals surface area contributed by atoms with Crippen LogP contribution in [0.2, 0.25) is 0 Å². The fourth-order valence-corrected chi connectivity index (χ4v) is 9.01. The first kappa shape index (κ1) is 41.3. The molecule has 296 valence electrons. The number of aromatic nitrogens is 2. The predicted octanol–water partition coefficient (Wildman–Crippen LogP) is 7.03. The molecule has 3 aromatic rings. The van der Waals surface area contributed by atoms with Gasteiger partial charge in [-0.2, -0.15) is 0 Å². The number of hydrogen-bond acceptors (Lipinski definition) is 9. The van der Waals surface area contributed by atoms with Crippen molar-refractivity contribution in [2.75, 3.05) is 5.73 Å². The topological polar surface area (TPSA) is 213 Å². The van der Waals surface area contributed by atoms with Crippen LogP contribution in [0, 0.1) is 29.6 Å². The number of unbranched alkanes of at least 4 members (excludes halogenated alkanes) is 4. The summed E-state index contributed by atoms with van der Waals surface area (Å²) in [5.74, 6) is -1.94. The van der Waals surface area contributed by atoms with Crippen molar-refractivity contribution in [3.63, 3.8) is 0 Å². The molecule has 2 aliphatic rings. The number of nitrogens with zero attached hydrogens (tertiary/aromatic N) is 1. The number of rotatable bonds is 20. The Bertz CT molecular complexity index is 1660. The van der Waals surface area contributed by atoms with Crippen molar-refractivity contribution < 1.29 is 40.5 Å². The summed E-state index contributed by atoms with van der Waals surface area (Å²) in [7, 11) is 0. The third-order valence-electron chi connectivity index (χ3n) is 12.0. The highest BCUT2D eigenvalue weighted by Gasteiger charge is 2.49. The summed E-state index contributed by atoms with van der Waals surface area (Å²) in [5.41, 5.74) is 7.04. The van der Waals surface area contributed by atoms with Crippen LogP contribution in [0.5, 0.6) is 11.5 Å². The molecule has 1 saturated carbocycles. The molecule has 11 heteroatoms. The zero-order chi connectivity index (χ0) is 38.8. The minimum atomic E-state index is -1.40. The molecular formula is C43H61N3O8. The molecule has 10 N–H and O–H groups in total. The van der Waals surface area contributed by atoms with E-state index in [0.29, 0.717) is 60.8 Å². The number of H-pyrrole nitrogens is 1. The molecule has 11 nitrogen and oxygen atoms in total. The quantitative estimate of drug-likeness (QED) is 0.0425. The van der Waals surface area contributed by atoms with Gasteiger partial charge in [-0.15, -0.1) is 0 Å². The van der Waals surface area contributed by atoms with E-state index in [4.69, 9.17) is 5.73 Å². The maximum atomic E-state index is 12.3. The Kier molecular flexibility index (Phi) is 14.6. The fourth-order valence-electron chi connectivity index (χ4n) is 9.01. The number of aliphatic carboxylic acids is 1. The lowest BCUT2D eigenvalue weighted by Gasteiger charge is -2.34. The second kappa shape index (κ2) is 19.1. The molecule has 0 spiro atoms. The molecule has 1 fully saturated rings. The summed E-state index contributed by atoms with van der Waals surface area (Å²) in [6.07, 6.45) is 14.0. The first-order chi connectivity index (χ1) is 25.8. The van der Waals surface area contributed by atoms with Gasteiger partial charge in [0, 0.05) is 41.1 Å². The second-order valence-electron chi connectivity index (χ2n) is 16.1. The van der Waals surface area contributed by atoms with Crippen molar-refractivity contribution in [2.24, 2.45) is 29.6 Å². The smallest absolute Gasteiger partial charge is 0.309 e. The SMILES string of the molecule is CCCCC[C@@H]1C=C[C@@H](CCCCC[C@H](C(=O)O)[C@H](O)CC[C@]2(O)C[C@H](Cc3ccnc(N)c3)C[C@H]2[C@H](O)c2ccc(-c3cc(O)cc(O)c3)[nH]2)[C@H](O)C1. The average molecular weight is 748 g/mol. The van der Waals surface area contributed by atoms with Gasteiger partial charge in [-0.25, -0.2) is 4.98 Å². The Morgan fingerprint density at radius 2 is 1.72 bits per heavy atom. The van der Waals surface area contributed by atoms with Crippen molar-refractivity contribution >= 4 is 11.8 Å². The van der Waals surface area contributed by atoms with Gasteiger partial charge in [0.1, 0.15) is 17.3 Å². The van der Waals surface area contributed by atoms with Gasteiger partial charge < -0.3 is 46.5 Å². The molecule has 0 saturated heterocycles. The number of carboxylic acids is 1. The number of carbonyl (C=O) groups is 1. The first-order valence-electron chi connectivity index (χ1n) is 20.0. The summed E-state index contributed by atoms with van der Waals surface area (Å²) in [6.45, 7) is 2.19. The zero-order valence-electron chi connectivity index (χ0n) is 31.6. The molecule has 0 amide bonds. The number of aliphatic hydroxyl groups excluding tert-OH is 3. The standard InChI is InChI=1S/C43H61N3O8/c1-2-3-5-8-27-11-12-30(39(50)21-27)9-6-4-7-10-34(42(52)53)38(49)15-17-43(54)26-29(19-28-16-18-45-40(44)22-28)20-35(43)41(51)37-14-13-36(46-37)31-23-32(47)25-33(48)24-31/h11-14,16,18,22-25,27,29-30,34-35,38-39,41,46-51,54H,2-10,15,17,19-21,26H2,1H3,(H2,44,45)(H,52,53)/t27-,29-,30-,34+,35+,38-,39-,41+,43+/m1/s1. The van der Waals surface area contributed by atoms with Gasteiger partial charge in [-0.3, -0.25) is 4.79 Å². The highest BCUT2D eigenvalue weighted by Crippen LogP contribution is 2.50. The van der Waals surface area contributed by atoms with Crippen LogP contribution in [-0.2, 0) is 11.2 Å². The van der Waals surface area contributed by atoms with Gasteiger partial charge in [0.05, 0.1) is 29.8 Å². The second-order valence-corrected chi connectivity index (χ2v) is 16.1. The van der Waals surface area contributed by atoms with E-state index in [2.05, 4.69) is 29.0 Å². The van der Waals surface area contributed by atoms with Gasteiger partial charge in [0.2, 0.25) is 0 Å². The largest absolute Gasteiger partial charge is 0.508 e. The average Bonchev–Trinajstić information content (AvgIpc) is 3.74. The molecule has 0 aliphatic heterocycles. The third kappa shape index (κ3) is 11.1. The summed E-state index contributed by atoms with van der Waals surface area (Å²) < 4.78 is 0. The van der Waals surface area contributed by atoms with Gasteiger partial charge in [-0.1, -0.05) is 57.6 Å². The number of allylic oxidation sites excluding steroid dienone is 1. The summed E-state index contributed by atoms with van der Waals surface area (Å²) in [4.78, 5) is 19.6. The minimum absolute atomic E-state index is 0.0224. The Balaban J connectivity index is 1.19. The Hall–Kier alpha value is -3.90. The van der Waals surface area contributed by atoms with Crippen molar-refractivity contribution in [2.45, 2.75) is 127 Å². The van der Waals surface area contributed by atoms with E-state index in [1.54, 1.807) is 24.4 Å². The summed E-state index contributed by atoms with van der Waals surface area (Å²) in [5, 5.41) is 76.0. The first-order valence-corrected chi connectivity index (χ1v) is 20.0. The lowest BCUT2D eigenvalue weighted by Crippen LogP contribution is -2.39. The minimum Gasteiger partial charge on any atom is -0.508 e. The van der Waals surface area contributed by atoms with Crippen molar-refractivity contribution in [1.29, 1.82) is 0 Å². The van der Waals surface area contributed by atoms with E-state index in [1.807, 2.05) is 6.07 Å². The van der Waals surface area contributed by atoms with Crippen LogP contribution in [0.1, 0.15) is 114 Å². The highest BCUT2D eigenvalue weighted by atomic mass is 16.4. The molecular weight excluding hydrogens is 686 g/mol. The molecule has 2 aliphatic carbocycles. The molecule has 1 aromatic carbocycles. The van der Waals surface area contributed by atoms with E-state index in [0.717, 1.165) is 37.7 Å². The van der Waals surface area contributed by atoms with Gasteiger partial charge in [-0.05, 0) is 112 Å². The number of phenolic OH excluding ortho intramolecular Hbond substituents is 2. The lowest BCUT2D eigenvalue weighted by atomic mass is 9.79. The lowest BCUT2D eigenvalue weighted by molar-refractivity contribution is -0.147. The van der Waals surface area contributed by atoms with Crippen LogP contribution in [0.3, 0.4) is 0 Å². The third-order valence-corrected chi connectivity index (χ3v) is 12.0. The van der Waals surface area contributed by atoms with Crippen LogP contribution in [0.25, 0.3) is 11.3 Å². The van der Waals surface area contributed by atoms with Crippen molar-refractivity contribution in [1.82, 2.24) is 9.97 Å². The zero-order valence-corrected chi connectivity index (χ0v) is 31.6. The van der Waals surface area contributed by atoms with Crippen LogP contribution < -0.4 is 5.73 Å². The molecule has 0 unspecified atom stereocenters. The van der Waals surface area contributed by atoms with E-state index in [9.17, 15) is 40.5 Å². The van der Waals surface area contributed by atoms with Gasteiger partial charge in [0.25, 0.3) is 0 Å². The number of anilines is 1. The van der Waals surface area contributed by atoms with E-state index in [1.165, 1.54) is 37.5 Å². The van der Waals surface area contributed by atoms with Crippen molar-refractivity contribution in [3.05, 3.63) is 72.1 Å². The maximum absolute atomic E-state index is 12.3. The van der Waals surface area contributed by atoms with E-state index >= 15 is 0 Å². The number of aromatic amines is 1. The number of benzene rings is 1. The molecule has 54 heavy (non-hydrogen) atoms. The molecule has 9 atom stereocenters. The number of nitrogen functional groups attached to an aromatic ring is 1. The number of carboxylic acid groups (broad SMARTS) is 1. The normalized spacial score (nSPS) is 25.8. The number of pyridine rings is 1. The van der Waals surface area contributed by atoms with Crippen LogP contribution >= 0.6 is 0 Å². The monoisotopic (exact) mass is 747 g/mol. The summed E-state index contributed by atoms with van der Waals surface area (Å²) in [6, 6.07) is 11.3. The Morgan fingerprint density at radius 3 is 2.43 bits per heavy atom. The van der Waals surface area contributed by atoms with E-state index in [-0.39, 0.29) is 42.3 Å². The fraction of sp³-hybridized carbons (Fsp3) is 0.581. The number of aliphatic hydroxyl groups is 4. The number of hydrogen-bond donors (Lipinski definition) is 9. The highest BCUT2D eigenvalue weighted by molar-refractivity contribution is 5.70. The number of aromatic hydroxyl groups is 2. The van der Waals surface area contributed by atoms with Crippen LogP contribution in [0.15, 0.2) is 60.8 Å². The predicted molar refractivity (Wildman–Crippen MR) is 208 cm³/mol. The number of nitrogens with one attached hydrogen (secondary N) is 1. The van der Waals surface area contributed by atoms with E-state index < -0.39 is 35.6 Å². The molecule has 5 rings (SSSR count). The number of phenols is 2. The Morgan fingerprint density at radius 1 is 0.963 bits per heavy atom. The van der Waals surface area contributed by atoms with Gasteiger partial charge in [0.15, 0.2) is 0 Å². The van der Waals surface area contributed by atoms with Crippen LogP contribution in [0.4, 0.5) is 5.82 Å². The molecule has 2 aromatic heterocycles. The molecule has 0 bridgehead atoms. The van der Waals surface area contributed by atoms with Gasteiger partial charge >= 0.3 is 5.97 Å². The van der Waals surface area contributed by atoms with Crippen molar-refractivity contribution in [3.8, 4) is 22.8 Å². The van der Waals surface area contributed by atoms with Crippen LogP contribution in [-0.4, -0.2) is 69.5 Å². The maximum Gasteiger partial charge on any atom is 0.309 e. The number of nitrogens with two attached hydrogens (primary N) is 1.